The summed E-state index contributed by atoms with van der Waals surface area (Å²) < 4.78 is 4.84. The molecular weight excluding hydrogens is 194 g/mol. The molecule has 0 fully saturated rings. The molecule has 15 heavy (non-hydrogen) atoms. The third-order valence-electron chi connectivity index (χ3n) is 2.27. The molecule has 0 aromatic carbocycles. The van der Waals surface area contributed by atoms with Gasteiger partial charge in [-0.1, -0.05) is 33.1 Å². The van der Waals surface area contributed by atoms with Crippen LogP contribution in [-0.2, 0) is 14.3 Å². The molecule has 0 radical (unpaired) electrons. The van der Waals surface area contributed by atoms with E-state index >= 15 is 0 Å². The number of carbonyl (C=O) groups is 2. The van der Waals surface area contributed by atoms with Gasteiger partial charge in [0, 0.05) is 7.05 Å². The van der Waals surface area contributed by atoms with Crippen LogP contribution < -0.4 is 5.32 Å². The van der Waals surface area contributed by atoms with E-state index in [0.717, 1.165) is 25.7 Å². The molecule has 0 heterocycles. The Hall–Kier alpha value is -1.06. The molecule has 0 aromatic rings. The molecule has 0 aliphatic rings. The van der Waals surface area contributed by atoms with Crippen LogP contribution in [0.5, 0.6) is 0 Å². The highest BCUT2D eigenvalue weighted by molar-refractivity contribution is 5.80. The van der Waals surface area contributed by atoms with Gasteiger partial charge in [-0.2, -0.15) is 0 Å². The number of rotatable bonds is 7. The van der Waals surface area contributed by atoms with Crippen molar-refractivity contribution in [2.24, 2.45) is 5.92 Å². The molecule has 0 spiro atoms. The van der Waals surface area contributed by atoms with Gasteiger partial charge in [0.15, 0.2) is 6.61 Å². The second kappa shape index (κ2) is 8.26. The molecule has 0 aromatic heterocycles. The zero-order chi connectivity index (χ0) is 11.7. The lowest BCUT2D eigenvalue weighted by Crippen LogP contribution is -2.26. The number of ether oxygens (including phenoxy) is 1. The number of unbranched alkanes of at least 4 members (excludes halogenated alkanes) is 2. The van der Waals surface area contributed by atoms with Gasteiger partial charge < -0.3 is 10.1 Å². The molecule has 0 aliphatic heterocycles. The molecular formula is C11H21NO3. The highest BCUT2D eigenvalue weighted by atomic mass is 16.5. The van der Waals surface area contributed by atoms with Crippen LogP contribution in [0.1, 0.15) is 39.5 Å². The number of hydrogen-bond donors (Lipinski definition) is 1. The highest BCUT2D eigenvalue weighted by Crippen LogP contribution is 2.10. The highest BCUT2D eigenvalue weighted by Gasteiger charge is 2.14. The van der Waals surface area contributed by atoms with Crippen molar-refractivity contribution in [1.29, 1.82) is 0 Å². The van der Waals surface area contributed by atoms with Crippen LogP contribution >= 0.6 is 0 Å². The van der Waals surface area contributed by atoms with E-state index in [2.05, 4.69) is 12.2 Å². The summed E-state index contributed by atoms with van der Waals surface area (Å²) in [5.74, 6) is -0.667. The topological polar surface area (TPSA) is 55.4 Å². The van der Waals surface area contributed by atoms with Crippen molar-refractivity contribution in [3.05, 3.63) is 0 Å². The molecule has 88 valence electrons. The van der Waals surface area contributed by atoms with E-state index in [-0.39, 0.29) is 24.4 Å². The predicted octanol–water partition coefficient (Wildman–Crippen LogP) is 1.49. The molecule has 1 amide bonds. The second-order valence-corrected chi connectivity index (χ2v) is 3.68. The predicted molar refractivity (Wildman–Crippen MR) is 58.3 cm³/mol. The fourth-order valence-corrected chi connectivity index (χ4v) is 1.17. The molecule has 0 bridgehead atoms. The summed E-state index contributed by atoms with van der Waals surface area (Å²) in [5, 5.41) is 2.40. The van der Waals surface area contributed by atoms with Gasteiger partial charge in [-0.25, -0.2) is 0 Å². The molecule has 1 atom stereocenters. The maximum Gasteiger partial charge on any atom is 0.309 e. The Morgan fingerprint density at radius 2 is 2.00 bits per heavy atom. The minimum Gasteiger partial charge on any atom is -0.455 e. The lowest BCUT2D eigenvalue weighted by Gasteiger charge is -2.10. The third kappa shape index (κ3) is 6.94. The van der Waals surface area contributed by atoms with Crippen molar-refractivity contribution in [3.8, 4) is 0 Å². The first-order valence-corrected chi connectivity index (χ1v) is 5.49. The van der Waals surface area contributed by atoms with Crippen LogP contribution in [0.2, 0.25) is 0 Å². The van der Waals surface area contributed by atoms with Gasteiger partial charge in [-0.15, -0.1) is 0 Å². The normalized spacial score (nSPS) is 11.9. The Balaban J connectivity index is 3.64. The van der Waals surface area contributed by atoms with Crippen LogP contribution in [0.25, 0.3) is 0 Å². The summed E-state index contributed by atoms with van der Waals surface area (Å²) in [6, 6.07) is 0. The molecule has 0 rings (SSSR count). The number of amides is 1. The molecule has 4 heteroatoms. The number of carbonyl (C=O) groups excluding carboxylic acids is 2. The zero-order valence-electron chi connectivity index (χ0n) is 9.84. The summed E-state index contributed by atoms with van der Waals surface area (Å²) in [6.07, 6.45) is 4.14. The van der Waals surface area contributed by atoms with E-state index in [1.807, 2.05) is 6.92 Å². The van der Waals surface area contributed by atoms with E-state index in [1.54, 1.807) is 0 Å². The van der Waals surface area contributed by atoms with Crippen LogP contribution in [0.3, 0.4) is 0 Å². The maximum absolute atomic E-state index is 11.4. The van der Waals surface area contributed by atoms with Crippen LogP contribution in [-0.4, -0.2) is 25.5 Å². The third-order valence-corrected chi connectivity index (χ3v) is 2.27. The molecule has 1 unspecified atom stereocenters. The summed E-state index contributed by atoms with van der Waals surface area (Å²) in [4.78, 5) is 22.2. The standard InChI is InChI=1S/C11H21NO3/c1-4-5-6-7-9(2)11(14)15-8-10(13)12-3/h9H,4-8H2,1-3H3,(H,12,13). The lowest BCUT2D eigenvalue weighted by atomic mass is 10.0. The maximum atomic E-state index is 11.4. The van der Waals surface area contributed by atoms with E-state index in [9.17, 15) is 9.59 Å². The number of esters is 1. The van der Waals surface area contributed by atoms with E-state index in [1.165, 1.54) is 7.05 Å². The summed E-state index contributed by atoms with van der Waals surface area (Å²) in [6.45, 7) is 3.78. The lowest BCUT2D eigenvalue weighted by molar-refractivity contribution is -0.152. The number of hydrogen-bond acceptors (Lipinski definition) is 3. The first kappa shape index (κ1) is 13.9. The van der Waals surface area contributed by atoms with Crippen molar-refractivity contribution in [3.63, 3.8) is 0 Å². The Labute approximate surface area is 91.4 Å². The number of nitrogens with one attached hydrogen (secondary N) is 1. The summed E-state index contributed by atoms with van der Waals surface area (Å²) in [7, 11) is 1.51. The van der Waals surface area contributed by atoms with Gasteiger partial charge in [-0.05, 0) is 6.42 Å². The van der Waals surface area contributed by atoms with Crippen molar-refractivity contribution in [1.82, 2.24) is 5.32 Å². The largest absolute Gasteiger partial charge is 0.455 e. The van der Waals surface area contributed by atoms with Gasteiger partial charge >= 0.3 is 5.97 Å². The molecule has 0 saturated carbocycles. The molecule has 0 saturated heterocycles. The monoisotopic (exact) mass is 215 g/mol. The molecule has 1 N–H and O–H groups in total. The average molecular weight is 215 g/mol. The van der Waals surface area contributed by atoms with Gasteiger partial charge in [0.05, 0.1) is 5.92 Å². The smallest absolute Gasteiger partial charge is 0.309 e. The van der Waals surface area contributed by atoms with Gasteiger partial charge in [-0.3, -0.25) is 9.59 Å². The van der Waals surface area contributed by atoms with Gasteiger partial charge in [0.2, 0.25) is 0 Å². The van der Waals surface area contributed by atoms with E-state index in [0.29, 0.717) is 0 Å². The van der Waals surface area contributed by atoms with Crippen molar-refractivity contribution in [2.75, 3.05) is 13.7 Å². The Morgan fingerprint density at radius 1 is 1.33 bits per heavy atom. The van der Waals surface area contributed by atoms with Crippen molar-refractivity contribution in [2.45, 2.75) is 39.5 Å². The quantitative estimate of drug-likeness (QED) is 0.517. The average Bonchev–Trinajstić information content (AvgIpc) is 2.25. The van der Waals surface area contributed by atoms with E-state index < -0.39 is 0 Å². The fourth-order valence-electron chi connectivity index (χ4n) is 1.17. The molecule has 4 nitrogen and oxygen atoms in total. The van der Waals surface area contributed by atoms with Crippen LogP contribution in [0, 0.1) is 5.92 Å². The first-order chi connectivity index (χ1) is 7.11. The van der Waals surface area contributed by atoms with Gasteiger partial charge in [0.25, 0.3) is 5.91 Å². The van der Waals surface area contributed by atoms with Crippen LogP contribution in [0.15, 0.2) is 0 Å². The van der Waals surface area contributed by atoms with E-state index in [4.69, 9.17) is 4.74 Å². The van der Waals surface area contributed by atoms with Gasteiger partial charge in [0.1, 0.15) is 0 Å². The second-order valence-electron chi connectivity index (χ2n) is 3.68. The Kier molecular flexibility index (Phi) is 7.68. The fraction of sp³-hybridized carbons (Fsp3) is 0.818. The summed E-state index contributed by atoms with van der Waals surface area (Å²) in [5.41, 5.74) is 0. The van der Waals surface area contributed by atoms with Crippen molar-refractivity contribution >= 4 is 11.9 Å². The summed E-state index contributed by atoms with van der Waals surface area (Å²) >= 11 is 0. The van der Waals surface area contributed by atoms with Crippen molar-refractivity contribution < 1.29 is 14.3 Å². The molecule has 0 aliphatic carbocycles. The minimum atomic E-state index is -0.283. The minimum absolute atomic E-state index is 0.110. The Bertz CT molecular complexity index is 204. The zero-order valence-corrected chi connectivity index (χ0v) is 9.84. The first-order valence-electron chi connectivity index (χ1n) is 5.49. The van der Waals surface area contributed by atoms with Crippen LogP contribution in [0.4, 0.5) is 0 Å². The Morgan fingerprint density at radius 3 is 2.53 bits per heavy atom. The SMILES string of the molecule is CCCCCC(C)C(=O)OCC(=O)NC. The number of likely N-dealkylation sites (N-methyl/N-ethyl adjacent to an activating group) is 1.